The molecule has 1 aromatic carbocycles. The van der Waals surface area contributed by atoms with Crippen molar-refractivity contribution < 1.29 is 9.47 Å². The first-order valence-electron chi connectivity index (χ1n) is 6.63. The summed E-state index contributed by atoms with van der Waals surface area (Å²) >= 11 is 3.60. The predicted octanol–water partition coefficient (Wildman–Crippen LogP) is 3.82. The van der Waals surface area contributed by atoms with E-state index in [0.29, 0.717) is 19.3 Å². The molecule has 1 fully saturated rings. The summed E-state index contributed by atoms with van der Waals surface area (Å²) in [6.07, 6.45) is 3.87. The van der Waals surface area contributed by atoms with Gasteiger partial charge in [-0.1, -0.05) is 6.92 Å². The van der Waals surface area contributed by atoms with Crippen LogP contribution >= 0.6 is 15.9 Å². The molecule has 1 atom stereocenters. The number of nitrogens with one attached hydrogen (secondary N) is 1. The number of anilines is 1. The van der Waals surface area contributed by atoms with Gasteiger partial charge in [-0.2, -0.15) is 0 Å². The Morgan fingerprint density at radius 2 is 1.94 bits per heavy atom. The first kappa shape index (κ1) is 12.2. The van der Waals surface area contributed by atoms with Gasteiger partial charge in [0.1, 0.15) is 13.2 Å². The fourth-order valence-corrected chi connectivity index (χ4v) is 2.86. The van der Waals surface area contributed by atoms with Crippen LogP contribution in [0.1, 0.15) is 26.2 Å². The third kappa shape index (κ3) is 2.44. The molecular formula is C14H18BrNO2. The molecule has 0 radical (unpaired) electrons. The maximum Gasteiger partial charge on any atom is 0.163 e. The molecule has 0 bridgehead atoms. The van der Waals surface area contributed by atoms with Crippen molar-refractivity contribution in [3.05, 3.63) is 16.6 Å². The first-order valence-corrected chi connectivity index (χ1v) is 7.43. The fraction of sp³-hybridized carbons (Fsp3) is 0.571. The lowest BCUT2D eigenvalue weighted by molar-refractivity contribution is 0.171. The minimum Gasteiger partial charge on any atom is -0.486 e. The standard InChI is InChI=1S/C14H18BrNO2/c1-2-11(9-3-4-9)16-12-8-14-13(7-10(12)15)17-5-6-18-14/h7-9,11,16H,2-6H2,1H3. The Labute approximate surface area is 116 Å². The Bertz CT molecular complexity index is 446. The van der Waals surface area contributed by atoms with E-state index in [4.69, 9.17) is 9.47 Å². The highest BCUT2D eigenvalue weighted by Gasteiger charge is 2.30. The van der Waals surface area contributed by atoms with Crippen LogP contribution in [-0.2, 0) is 0 Å². The highest BCUT2D eigenvalue weighted by Crippen LogP contribution is 2.41. The number of fused-ring (bicyclic) bond motifs is 1. The number of hydrogen-bond acceptors (Lipinski definition) is 3. The average molecular weight is 312 g/mol. The summed E-state index contributed by atoms with van der Waals surface area (Å²) in [5.74, 6) is 2.52. The summed E-state index contributed by atoms with van der Waals surface area (Å²) in [6, 6.07) is 4.61. The number of rotatable bonds is 4. The second kappa shape index (κ2) is 5.00. The van der Waals surface area contributed by atoms with Crippen molar-refractivity contribution in [1.29, 1.82) is 0 Å². The van der Waals surface area contributed by atoms with Crippen molar-refractivity contribution in [2.24, 2.45) is 5.92 Å². The van der Waals surface area contributed by atoms with E-state index in [1.807, 2.05) is 12.1 Å². The normalized spacial score (nSPS) is 19.4. The quantitative estimate of drug-likeness (QED) is 0.917. The van der Waals surface area contributed by atoms with Crippen LogP contribution in [0.2, 0.25) is 0 Å². The zero-order valence-electron chi connectivity index (χ0n) is 10.5. The van der Waals surface area contributed by atoms with E-state index < -0.39 is 0 Å². The Morgan fingerprint density at radius 1 is 1.28 bits per heavy atom. The molecule has 1 aliphatic carbocycles. The molecule has 1 saturated carbocycles. The Kier molecular flexibility index (Phi) is 3.37. The van der Waals surface area contributed by atoms with Crippen molar-refractivity contribution in [3.8, 4) is 11.5 Å². The van der Waals surface area contributed by atoms with E-state index in [-0.39, 0.29) is 0 Å². The lowest BCUT2D eigenvalue weighted by Gasteiger charge is -2.23. The van der Waals surface area contributed by atoms with Gasteiger partial charge in [0.25, 0.3) is 0 Å². The van der Waals surface area contributed by atoms with Crippen LogP contribution in [-0.4, -0.2) is 19.3 Å². The van der Waals surface area contributed by atoms with Gasteiger partial charge in [-0.3, -0.25) is 0 Å². The van der Waals surface area contributed by atoms with Crippen LogP contribution in [0, 0.1) is 5.92 Å². The maximum atomic E-state index is 5.62. The molecule has 4 heteroatoms. The fourth-order valence-electron chi connectivity index (χ4n) is 2.43. The monoisotopic (exact) mass is 311 g/mol. The molecule has 18 heavy (non-hydrogen) atoms. The van der Waals surface area contributed by atoms with Gasteiger partial charge in [0, 0.05) is 22.6 Å². The highest BCUT2D eigenvalue weighted by molar-refractivity contribution is 9.10. The van der Waals surface area contributed by atoms with Crippen LogP contribution in [0.5, 0.6) is 11.5 Å². The average Bonchev–Trinajstić information content (AvgIpc) is 3.20. The Balaban J connectivity index is 1.82. The first-order chi connectivity index (χ1) is 8.78. The van der Waals surface area contributed by atoms with Crippen molar-refractivity contribution >= 4 is 21.6 Å². The van der Waals surface area contributed by atoms with Crippen molar-refractivity contribution in [1.82, 2.24) is 0 Å². The largest absolute Gasteiger partial charge is 0.486 e. The molecule has 3 nitrogen and oxygen atoms in total. The number of halogens is 1. The molecule has 1 heterocycles. The van der Waals surface area contributed by atoms with Gasteiger partial charge >= 0.3 is 0 Å². The summed E-state index contributed by atoms with van der Waals surface area (Å²) in [4.78, 5) is 0. The second-order valence-electron chi connectivity index (χ2n) is 4.97. The van der Waals surface area contributed by atoms with Crippen LogP contribution in [0.4, 0.5) is 5.69 Å². The molecular weight excluding hydrogens is 294 g/mol. The van der Waals surface area contributed by atoms with Gasteiger partial charge in [-0.05, 0) is 41.1 Å². The molecule has 0 aromatic heterocycles. The summed E-state index contributed by atoms with van der Waals surface area (Å²) in [5, 5.41) is 3.63. The summed E-state index contributed by atoms with van der Waals surface area (Å²) in [7, 11) is 0. The van der Waals surface area contributed by atoms with E-state index in [9.17, 15) is 0 Å². The van der Waals surface area contributed by atoms with E-state index in [1.165, 1.54) is 12.8 Å². The third-order valence-corrected chi connectivity index (χ3v) is 4.26. The van der Waals surface area contributed by atoms with Crippen molar-refractivity contribution in [2.75, 3.05) is 18.5 Å². The number of ether oxygens (including phenoxy) is 2. The molecule has 1 N–H and O–H groups in total. The van der Waals surface area contributed by atoms with Gasteiger partial charge in [-0.25, -0.2) is 0 Å². The van der Waals surface area contributed by atoms with Gasteiger partial charge in [0.15, 0.2) is 11.5 Å². The Morgan fingerprint density at radius 3 is 2.56 bits per heavy atom. The molecule has 1 aliphatic heterocycles. The van der Waals surface area contributed by atoms with Gasteiger partial charge in [-0.15, -0.1) is 0 Å². The van der Waals surface area contributed by atoms with Crippen LogP contribution < -0.4 is 14.8 Å². The van der Waals surface area contributed by atoms with Crippen LogP contribution in [0.25, 0.3) is 0 Å². The molecule has 0 spiro atoms. The van der Waals surface area contributed by atoms with E-state index in [1.54, 1.807) is 0 Å². The van der Waals surface area contributed by atoms with E-state index in [2.05, 4.69) is 28.2 Å². The minimum atomic E-state index is 0.573. The van der Waals surface area contributed by atoms with E-state index >= 15 is 0 Å². The smallest absolute Gasteiger partial charge is 0.163 e. The summed E-state index contributed by atoms with van der Waals surface area (Å²) < 4.78 is 12.2. The topological polar surface area (TPSA) is 30.5 Å². The van der Waals surface area contributed by atoms with Gasteiger partial charge < -0.3 is 14.8 Å². The lowest BCUT2D eigenvalue weighted by atomic mass is 10.1. The van der Waals surface area contributed by atoms with Gasteiger partial charge in [0.05, 0.1) is 5.69 Å². The third-order valence-electron chi connectivity index (χ3n) is 3.60. The summed E-state index contributed by atoms with van der Waals surface area (Å²) in [6.45, 7) is 3.50. The molecule has 1 aromatic rings. The lowest BCUT2D eigenvalue weighted by Crippen LogP contribution is -2.21. The molecule has 0 amide bonds. The van der Waals surface area contributed by atoms with E-state index in [0.717, 1.165) is 34.0 Å². The van der Waals surface area contributed by atoms with Crippen LogP contribution in [0.3, 0.4) is 0 Å². The Hall–Kier alpha value is -0.900. The number of hydrogen-bond donors (Lipinski definition) is 1. The van der Waals surface area contributed by atoms with Crippen molar-refractivity contribution in [3.63, 3.8) is 0 Å². The zero-order chi connectivity index (χ0) is 12.5. The predicted molar refractivity (Wildman–Crippen MR) is 75.6 cm³/mol. The van der Waals surface area contributed by atoms with Crippen LogP contribution in [0.15, 0.2) is 16.6 Å². The molecule has 0 saturated heterocycles. The zero-order valence-corrected chi connectivity index (χ0v) is 12.1. The minimum absolute atomic E-state index is 0.573. The SMILES string of the molecule is CCC(Nc1cc2c(cc1Br)OCCO2)C1CC1. The summed E-state index contributed by atoms with van der Waals surface area (Å²) in [5.41, 5.74) is 1.11. The number of benzene rings is 1. The molecule has 3 rings (SSSR count). The van der Waals surface area contributed by atoms with Crippen molar-refractivity contribution in [2.45, 2.75) is 32.2 Å². The molecule has 2 aliphatic rings. The second-order valence-corrected chi connectivity index (χ2v) is 5.83. The van der Waals surface area contributed by atoms with Gasteiger partial charge in [0.2, 0.25) is 0 Å². The molecule has 1 unspecified atom stereocenters. The molecule has 98 valence electrons. The maximum absolute atomic E-state index is 5.62. The highest BCUT2D eigenvalue weighted by atomic mass is 79.9.